The number of nitrogens with zero attached hydrogens (tertiary/aromatic N) is 1. The molecule has 23 heavy (non-hydrogen) atoms. The maximum atomic E-state index is 12.4. The minimum absolute atomic E-state index is 0.0162. The Morgan fingerprint density at radius 3 is 2.83 bits per heavy atom. The Balaban J connectivity index is 1.98. The van der Waals surface area contributed by atoms with E-state index in [-0.39, 0.29) is 30.6 Å². The van der Waals surface area contributed by atoms with E-state index in [1.807, 2.05) is 11.0 Å². The molecule has 1 saturated heterocycles. The van der Waals surface area contributed by atoms with Crippen LogP contribution in [0.1, 0.15) is 42.5 Å². The van der Waals surface area contributed by atoms with Gasteiger partial charge in [0.05, 0.1) is 12.7 Å². The maximum Gasteiger partial charge on any atom is 0.223 e. The molecule has 1 atom stereocenters. The van der Waals surface area contributed by atoms with E-state index in [4.69, 9.17) is 10.5 Å². The highest BCUT2D eigenvalue weighted by atomic mass is 79.9. The fraction of sp³-hybridized carbons (Fsp3) is 0.529. The van der Waals surface area contributed by atoms with E-state index in [0.29, 0.717) is 17.9 Å². The lowest BCUT2D eigenvalue weighted by atomic mass is 10.0. The number of benzene rings is 1. The molecule has 1 heterocycles. The standard InChI is InChI=1S/C17H23BrN2O3/c1-23-16-7-5-12(18)10-14(16)15(21)6-8-17(22)20-9-3-2-4-13(20)11-19/h5,7,10,13H,2-4,6,8-9,11,19H2,1H3. The van der Waals surface area contributed by atoms with Gasteiger partial charge in [-0.1, -0.05) is 15.9 Å². The first kappa shape index (κ1) is 17.9. The molecule has 0 aromatic heterocycles. The predicted octanol–water partition coefficient (Wildman–Crippen LogP) is 2.76. The van der Waals surface area contributed by atoms with Crippen LogP contribution in [0.3, 0.4) is 0 Å². The number of ether oxygens (including phenoxy) is 1. The second-order valence-corrected chi connectivity index (χ2v) is 6.66. The van der Waals surface area contributed by atoms with E-state index >= 15 is 0 Å². The van der Waals surface area contributed by atoms with Crippen molar-refractivity contribution in [2.24, 2.45) is 5.73 Å². The van der Waals surface area contributed by atoms with Gasteiger partial charge in [0, 0.05) is 36.4 Å². The summed E-state index contributed by atoms with van der Waals surface area (Å²) < 4.78 is 6.04. The van der Waals surface area contributed by atoms with Crippen LogP contribution in [0, 0.1) is 0 Å². The summed E-state index contributed by atoms with van der Waals surface area (Å²) in [6.45, 7) is 1.23. The van der Waals surface area contributed by atoms with Crippen LogP contribution in [0.15, 0.2) is 22.7 Å². The fourth-order valence-electron chi connectivity index (χ4n) is 2.97. The van der Waals surface area contributed by atoms with Crippen molar-refractivity contribution >= 4 is 27.6 Å². The monoisotopic (exact) mass is 382 g/mol. The number of likely N-dealkylation sites (tertiary alicyclic amines) is 1. The van der Waals surface area contributed by atoms with Crippen molar-refractivity contribution in [3.05, 3.63) is 28.2 Å². The molecule has 1 aliphatic heterocycles. The van der Waals surface area contributed by atoms with Crippen molar-refractivity contribution in [3.8, 4) is 5.75 Å². The summed E-state index contributed by atoms with van der Waals surface area (Å²) >= 11 is 3.36. The van der Waals surface area contributed by atoms with Crippen LogP contribution >= 0.6 is 15.9 Å². The number of piperidine rings is 1. The Kier molecular flexibility index (Phi) is 6.59. The number of nitrogens with two attached hydrogens (primary N) is 1. The Labute approximate surface area is 145 Å². The second kappa shape index (κ2) is 8.45. The first-order valence-electron chi connectivity index (χ1n) is 7.93. The van der Waals surface area contributed by atoms with Crippen molar-refractivity contribution in [2.45, 2.75) is 38.1 Å². The van der Waals surface area contributed by atoms with Crippen molar-refractivity contribution < 1.29 is 14.3 Å². The Morgan fingerprint density at radius 2 is 2.13 bits per heavy atom. The van der Waals surface area contributed by atoms with Gasteiger partial charge in [0.25, 0.3) is 0 Å². The van der Waals surface area contributed by atoms with E-state index in [0.717, 1.165) is 30.3 Å². The number of hydrogen-bond donors (Lipinski definition) is 1. The zero-order valence-corrected chi connectivity index (χ0v) is 15.0. The van der Waals surface area contributed by atoms with Crippen LogP contribution in [0.25, 0.3) is 0 Å². The highest BCUT2D eigenvalue weighted by molar-refractivity contribution is 9.10. The molecule has 2 rings (SSSR count). The number of carbonyl (C=O) groups is 2. The number of Topliss-reactive ketones (excluding diaryl/α,β-unsaturated/α-hetero) is 1. The van der Waals surface area contributed by atoms with Gasteiger partial charge in [0.2, 0.25) is 5.91 Å². The number of halogens is 1. The van der Waals surface area contributed by atoms with Crippen LogP contribution in [0.5, 0.6) is 5.75 Å². The van der Waals surface area contributed by atoms with Gasteiger partial charge in [0.1, 0.15) is 5.75 Å². The largest absolute Gasteiger partial charge is 0.496 e. The van der Waals surface area contributed by atoms with Crippen molar-refractivity contribution in [2.75, 3.05) is 20.2 Å². The van der Waals surface area contributed by atoms with Gasteiger partial charge in [-0.05, 0) is 37.5 Å². The van der Waals surface area contributed by atoms with E-state index in [1.54, 1.807) is 12.1 Å². The maximum absolute atomic E-state index is 12.4. The van der Waals surface area contributed by atoms with Crippen LogP contribution < -0.4 is 10.5 Å². The molecule has 2 N–H and O–H groups in total. The number of amides is 1. The van der Waals surface area contributed by atoms with Gasteiger partial charge >= 0.3 is 0 Å². The summed E-state index contributed by atoms with van der Waals surface area (Å²) in [5, 5.41) is 0. The smallest absolute Gasteiger partial charge is 0.223 e. The van der Waals surface area contributed by atoms with Gasteiger partial charge in [-0.15, -0.1) is 0 Å². The molecule has 5 nitrogen and oxygen atoms in total. The average molecular weight is 383 g/mol. The van der Waals surface area contributed by atoms with Crippen molar-refractivity contribution in [1.82, 2.24) is 4.90 Å². The van der Waals surface area contributed by atoms with Crippen molar-refractivity contribution in [3.63, 3.8) is 0 Å². The minimum atomic E-state index is -0.0854. The normalized spacial score (nSPS) is 17.9. The Bertz CT molecular complexity index is 577. The van der Waals surface area contributed by atoms with Gasteiger partial charge in [-0.3, -0.25) is 9.59 Å². The average Bonchev–Trinajstić information content (AvgIpc) is 2.59. The fourth-order valence-corrected chi connectivity index (χ4v) is 3.33. The molecule has 1 amide bonds. The summed E-state index contributed by atoms with van der Waals surface area (Å²) in [6, 6.07) is 5.41. The molecule has 1 aromatic carbocycles. The summed E-state index contributed by atoms with van der Waals surface area (Å²) in [5.74, 6) is 0.462. The number of methoxy groups -OCH3 is 1. The molecule has 1 aliphatic rings. The molecule has 0 spiro atoms. The lowest BCUT2D eigenvalue weighted by Gasteiger charge is -2.35. The number of hydrogen-bond acceptors (Lipinski definition) is 4. The number of carbonyl (C=O) groups excluding carboxylic acids is 2. The molecular weight excluding hydrogens is 360 g/mol. The Hall–Kier alpha value is -1.40. The molecule has 126 valence electrons. The zero-order chi connectivity index (χ0) is 16.8. The van der Waals surface area contributed by atoms with Gasteiger partial charge in [0.15, 0.2) is 5.78 Å². The Morgan fingerprint density at radius 1 is 1.35 bits per heavy atom. The molecule has 0 aliphatic carbocycles. The molecule has 1 aromatic rings. The summed E-state index contributed by atoms with van der Waals surface area (Å²) in [7, 11) is 1.53. The third-order valence-corrected chi connectivity index (χ3v) is 4.74. The first-order chi connectivity index (χ1) is 11.1. The predicted molar refractivity (Wildman–Crippen MR) is 92.7 cm³/mol. The molecule has 6 heteroatoms. The molecule has 0 radical (unpaired) electrons. The van der Waals surface area contributed by atoms with Crippen molar-refractivity contribution in [1.29, 1.82) is 0 Å². The van der Waals surface area contributed by atoms with E-state index in [1.165, 1.54) is 7.11 Å². The summed E-state index contributed by atoms with van der Waals surface area (Å²) in [4.78, 5) is 26.7. The van der Waals surface area contributed by atoms with Crippen LogP contribution in [0.2, 0.25) is 0 Å². The molecular formula is C17H23BrN2O3. The van der Waals surface area contributed by atoms with Gasteiger partial charge in [-0.2, -0.15) is 0 Å². The molecule has 1 unspecified atom stereocenters. The van der Waals surface area contributed by atoms with Gasteiger partial charge in [-0.25, -0.2) is 0 Å². The topological polar surface area (TPSA) is 72.6 Å². The highest BCUT2D eigenvalue weighted by Crippen LogP contribution is 2.25. The van der Waals surface area contributed by atoms with Crippen LogP contribution in [-0.4, -0.2) is 42.8 Å². The molecule has 0 saturated carbocycles. The lowest BCUT2D eigenvalue weighted by Crippen LogP contribution is -2.47. The first-order valence-corrected chi connectivity index (χ1v) is 8.72. The van der Waals surface area contributed by atoms with E-state index in [9.17, 15) is 9.59 Å². The molecule has 0 bridgehead atoms. The van der Waals surface area contributed by atoms with Crippen LogP contribution in [-0.2, 0) is 4.79 Å². The van der Waals surface area contributed by atoms with E-state index < -0.39 is 0 Å². The lowest BCUT2D eigenvalue weighted by molar-refractivity contribution is -0.134. The van der Waals surface area contributed by atoms with Gasteiger partial charge < -0.3 is 15.4 Å². The quantitative estimate of drug-likeness (QED) is 0.767. The third kappa shape index (κ3) is 4.54. The zero-order valence-electron chi connectivity index (χ0n) is 13.4. The number of rotatable bonds is 6. The highest BCUT2D eigenvalue weighted by Gasteiger charge is 2.26. The minimum Gasteiger partial charge on any atom is -0.496 e. The molecule has 1 fully saturated rings. The SMILES string of the molecule is COc1ccc(Br)cc1C(=O)CCC(=O)N1CCCCC1CN. The summed E-state index contributed by atoms with van der Waals surface area (Å²) in [6.07, 6.45) is 3.47. The summed E-state index contributed by atoms with van der Waals surface area (Å²) in [5.41, 5.74) is 6.25. The van der Waals surface area contributed by atoms with Crippen LogP contribution in [0.4, 0.5) is 0 Å². The van der Waals surface area contributed by atoms with E-state index in [2.05, 4.69) is 15.9 Å². The third-order valence-electron chi connectivity index (χ3n) is 4.25. The number of ketones is 1. The second-order valence-electron chi connectivity index (χ2n) is 5.74.